The fraction of sp³-hybridized carbons (Fsp3) is 0.760. The topological polar surface area (TPSA) is 75.3 Å². The van der Waals surface area contributed by atoms with Crippen LogP contribution in [0.25, 0.3) is 0 Å². The molecular formula is C25H44N2O3S. The minimum atomic E-state index is -0.874. The molecule has 0 fully saturated rings. The Morgan fingerprint density at radius 3 is 2.16 bits per heavy atom. The summed E-state index contributed by atoms with van der Waals surface area (Å²) in [6.45, 7) is 6.27. The zero-order chi connectivity index (χ0) is 23.1. The normalized spacial score (nSPS) is 13.7. The molecule has 0 aliphatic carbocycles. The van der Waals surface area contributed by atoms with Crippen LogP contribution >= 0.6 is 11.8 Å². The molecule has 0 aliphatic rings. The van der Waals surface area contributed by atoms with Crippen LogP contribution in [0, 0.1) is 13.8 Å². The second-order valence-electron chi connectivity index (χ2n) is 8.61. The van der Waals surface area contributed by atoms with Gasteiger partial charge in [0, 0.05) is 19.2 Å². The number of carbonyl (C=O) groups is 1. The number of nitrogens with zero attached hydrogens (tertiary/aromatic N) is 2. The van der Waals surface area contributed by atoms with Crippen molar-refractivity contribution in [3.8, 4) is 0 Å². The van der Waals surface area contributed by atoms with Crippen LogP contribution in [0.3, 0.4) is 0 Å². The van der Waals surface area contributed by atoms with Gasteiger partial charge in [-0.1, -0.05) is 88.6 Å². The van der Waals surface area contributed by atoms with Gasteiger partial charge in [0.2, 0.25) is 0 Å². The first-order valence-electron chi connectivity index (χ1n) is 12.1. The summed E-state index contributed by atoms with van der Waals surface area (Å²) in [7, 11) is 1.98. The number of unbranched alkanes of at least 4 members (excludes halogenated alkanes) is 10. The molecule has 1 aromatic heterocycles. The van der Waals surface area contributed by atoms with Crippen LogP contribution < -0.4 is 0 Å². The van der Waals surface area contributed by atoms with E-state index in [1.807, 2.05) is 31.5 Å². The minimum Gasteiger partial charge on any atom is -0.481 e. The highest BCUT2D eigenvalue weighted by atomic mass is 32.2. The van der Waals surface area contributed by atoms with Gasteiger partial charge in [-0.3, -0.25) is 4.79 Å². The summed E-state index contributed by atoms with van der Waals surface area (Å²) in [5, 5.41) is 20.2. The van der Waals surface area contributed by atoms with Gasteiger partial charge in [-0.05, 0) is 33.1 Å². The number of allylic oxidation sites excluding steroid dienone is 1. The Balaban J connectivity index is 2.41. The summed E-state index contributed by atoms with van der Waals surface area (Å²) in [5.41, 5.74) is 2.09. The third-order valence-electron chi connectivity index (χ3n) is 5.90. The van der Waals surface area contributed by atoms with Crippen molar-refractivity contribution < 1.29 is 15.0 Å². The van der Waals surface area contributed by atoms with E-state index in [9.17, 15) is 9.90 Å². The lowest BCUT2D eigenvalue weighted by atomic mass is 10.1. The fourth-order valence-corrected chi connectivity index (χ4v) is 4.79. The molecule has 0 aliphatic heterocycles. The quantitative estimate of drug-likeness (QED) is 0.149. The number of hydrogen-bond donors (Lipinski definition) is 2. The lowest BCUT2D eigenvalue weighted by molar-refractivity contribution is -0.137. The van der Waals surface area contributed by atoms with Gasteiger partial charge in [-0.25, -0.2) is 4.98 Å². The van der Waals surface area contributed by atoms with Gasteiger partial charge in [0.15, 0.2) is 5.16 Å². The molecule has 178 valence electrons. The Hall–Kier alpha value is -1.27. The van der Waals surface area contributed by atoms with Crippen molar-refractivity contribution >= 4 is 17.7 Å². The van der Waals surface area contributed by atoms with Gasteiger partial charge in [-0.15, -0.1) is 0 Å². The van der Waals surface area contributed by atoms with E-state index in [4.69, 9.17) is 5.11 Å². The van der Waals surface area contributed by atoms with Gasteiger partial charge in [-0.2, -0.15) is 0 Å². The molecule has 5 nitrogen and oxygen atoms in total. The summed E-state index contributed by atoms with van der Waals surface area (Å²) in [5.74, 6) is -0.874. The number of carboxylic acid groups (broad SMARTS) is 1. The number of rotatable bonds is 18. The maximum Gasteiger partial charge on any atom is 0.303 e. The molecule has 2 N–H and O–H groups in total. The van der Waals surface area contributed by atoms with Crippen molar-refractivity contribution in [2.45, 2.75) is 121 Å². The van der Waals surface area contributed by atoms with Crippen LogP contribution in [0.1, 0.15) is 102 Å². The lowest BCUT2D eigenvalue weighted by Gasteiger charge is -2.18. The van der Waals surface area contributed by atoms with Gasteiger partial charge in [0.1, 0.15) is 0 Å². The van der Waals surface area contributed by atoms with E-state index >= 15 is 0 Å². The van der Waals surface area contributed by atoms with Crippen molar-refractivity contribution in [1.29, 1.82) is 0 Å². The summed E-state index contributed by atoms with van der Waals surface area (Å²) in [6.07, 6.45) is 17.9. The maximum absolute atomic E-state index is 10.9. The first-order chi connectivity index (χ1) is 14.9. The van der Waals surface area contributed by atoms with E-state index in [1.165, 1.54) is 69.5 Å². The standard InChI is InChI=1S/C25H44N2O3S/c1-5-6-7-8-9-10-11-12-13-14-15-16-17-23(22(28)18-19-24(29)30)31-25-26-20(2)21(3)27(25)4/h16-17,22-23,28H,5-15,18-19H2,1-4H3,(H,29,30)/b17-16-. The molecular weight excluding hydrogens is 408 g/mol. The largest absolute Gasteiger partial charge is 0.481 e. The molecule has 0 aromatic carbocycles. The van der Waals surface area contributed by atoms with Crippen molar-refractivity contribution in [3.05, 3.63) is 23.5 Å². The highest BCUT2D eigenvalue weighted by Gasteiger charge is 2.21. The smallest absolute Gasteiger partial charge is 0.303 e. The van der Waals surface area contributed by atoms with E-state index in [2.05, 4.69) is 18.0 Å². The lowest BCUT2D eigenvalue weighted by Crippen LogP contribution is -2.22. The van der Waals surface area contributed by atoms with Gasteiger partial charge < -0.3 is 14.8 Å². The average Bonchev–Trinajstić information content (AvgIpc) is 2.98. The highest BCUT2D eigenvalue weighted by Crippen LogP contribution is 2.29. The zero-order valence-electron chi connectivity index (χ0n) is 20.1. The van der Waals surface area contributed by atoms with Crippen LogP contribution in [0.4, 0.5) is 0 Å². The first kappa shape index (κ1) is 27.8. The molecule has 0 spiro atoms. The second-order valence-corrected chi connectivity index (χ2v) is 9.75. The van der Waals surface area contributed by atoms with Gasteiger partial charge >= 0.3 is 5.97 Å². The Bertz CT molecular complexity index is 657. The van der Waals surface area contributed by atoms with Crippen molar-refractivity contribution in [2.24, 2.45) is 7.05 Å². The number of hydrogen-bond acceptors (Lipinski definition) is 4. The van der Waals surface area contributed by atoms with E-state index in [0.29, 0.717) is 0 Å². The van der Waals surface area contributed by atoms with Crippen LogP contribution in [0.5, 0.6) is 0 Å². The Labute approximate surface area is 193 Å². The molecule has 0 saturated carbocycles. The summed E-state index contributed by atoms with van der Waals surface area (Å²) < 4.78 is 2.03. The monoisotopic (exact) mass is 452 g/mol. The van der Waals surface area contributed by atoms with Crippen LogP contribution in [-0.2, 0) is 11.8 Å². The predicted molar refractivity (Wildman–Crippen MR) is 131 cm³/mol. The Kier molecular flexibility index (Phi) is 14.7. The highest BCUT2D eigenvalue weighted by molar-refractivity contribution is 8.00. The van der Waals surface area contributed by atoms with E-state index in [-0.39, 0.29) is 18.1 Å². The number of aromatic nitrogens is 2. The molecule has 31 heavy (non-hydrogen) atoms. The SMILES string of the molecule is CCCCCCCCCCCC/C=C\C(Sc1nc(C)c(C)n1C)C(O)CCC(=O)O. The maximum atomic E-state index is 10.9. The molecule has 2 atom stereocenters. The predicted octanol–water partition coefficient (Wildman–Crippen LogP) is 6.59. The van der Waals surface area contributed by atoms with Gasteiger partial charge in [0.05, 0.1) is 17.0 Å². The number of aliphatic hydroxyl groups excluding tert-OH is 1. The minimum absolute atomic E-state index is 0.0247. The second kappa shape index (κ2) is 16.4. The number of aliphatic hydroxyl groups is 1. The van der Waals surface area contributed by atoms with Gasteiger partial charge in [0.25, 0.3) is 0 Å². The molecule has 1 aromatic rings. The third kappa shape index (κ3) is 11.8. The molecule has 1 heterocycles. The van der Waals surface area contributed by atoms with E-state index in [1.54, 1.807) is 0 Å². The Morgan fingerprint density at radius 1 is 1.06 bits per heavy atom. The molecule has 0 bridgehead atoms. The molecule has 0 radical (unpaired) electrons. The van der Waals surface area contributed by atoms with Crippen LogP contribution in [0.15, 0.2) is 17.3 Å². The zero-order valence-corrected chi connectivity index (χ0v) is 20.9. The Morgan fingerprint density at radius 2 is 1.65 bits per heavy atom. The van der Waals surface area contributed by atoms with Crippen LogP contribution in [0.2, 0.25) is 0 Å². The molecule has 6 heteroatoms. The number of aliphatic carboxylic acids is 1. The summed E-state index contributed by atoms with van der Waals surface area (Å²) in [4.78, 5) is 15.5. The molecule has 2 unspecified atom stereocenters. The van der Waals surface area contributed by atoms with Crippen LogP contribution in [-0.4, -0.2) is 37.1 Å². The number of imidazole rings is 1. The molecule has 0 amide bonds. The summed E-state index contributed by atoms with van der Waals surface area (Å²) >= 11 is 1.52. The third-order valence-corrected chi connectivity index (χ3v) is 7.22. The number of carboxylic acids is 1. The van der Waals surface area contributed by atoms with E-state index < -0.39 is 12.1 Å². The molecule has 0 saturated heterocycles. The first-order valence-corrected chi connectivity index (χ1v) is 13.0. The average molecular weight is 453 g/mol. The van der Waals surface area contributed by atoms with E-state index in [0.717, 1.165) is 29.4 Å². The van der Waals surface area contributed by atoms with Crippen molar-refractivity contribution in [2.75, 3.05) is 0 Å². The summed E-state index contributed by atoms with van der Waals surface area (Å²) in [6, 6.07) is 0. The van der Waals surface area contributed by atoms with Crippen molar-refractivity contribution in [3.63, 3.8) is 0 Å². The fourth-order valence-electron chi connectivity index (χ4n) is 3.57. The molecule has 1 rings (SSSR count). The number of thioether (sulfide) groups is 1. The number of aryl methyl sites for hydroxylation is 1. The van der Waals surface area contributed by atoms with Crippen molar-refractivity contribution in [1.82, 2.24) is 9.55 Å².